The molecule has 23 heavy (non-hydrogen) atoms. The van der Waals surface area contributed by atoms with Crippen molar-refractivity contribution in [2.24, 2.45) is 0 Å². The molecule has 0 radical (unpaired) electrons. The molecule has 0 aliphatic heterocycles. The van der Waals surface area contributed by atoms with E-state index in [2.05, 4.69) is 19.9 Å². The Bertz CT molecular complexity index is 700. The van der Waals surface area contributed by atoms with Gasteiger partial charge in [-0.3, -0.25) is 4.79 Å². The largest absolute Gasteiger partial charge is 1.00 e. The minimum Gasteiger partial charge on any atom is -1.00 e. The Hall–Kier alpha value is -1.06. The predicted octanol–water partition coefficient (Wildman–Crippen LogP) is 1.58. The summed E-state index contributed by atoms with van der Waals surface area (Å²) in [5.41, 5.74) is 5.74. The van der Waals surface area contributed by atoms with Crippen molar-refractivity contribution in [2.75, 3.05) is 6.61 Å². The number of benzene rings is 2. The fourth-order valence-electron chi connectivity index (χ4n) is 2.63. The minimum atomic E-state index is 0. The van der Waals surface area contributed by atoms with Crippen LogP contribution in [0.15, 0.2) is 30.3 Å². The summed E-state index contributed by atoms with van der Waals surface area (Å²) in [4.78, 5) is 12.7. The zero-order valence-electron chi connectivity index (χ0n) is 15.9. The summed E-state index contributed by atoms with van der Waals surface area (Å²) >= 11 is 0. The summed E-state index contributed by atoms with van der Waals surface area (Å²) in [6.45, 7) is 10.9. The second-order valence-corrected chi connectivity index (χ2v) is 6.83. The Morgan fingerprint density at radius 2 is 1.65 bits per heavy atom. The average molecular weight is 322 g/mol. The molecule has 2 aromatic rings. The average Bonchev–Trinajstić information content (AvgIpc) is 2.47. The molecule has 0 saturated heterocycles. The van der Waals surface area contributed by atoms with E-state index in [9.17, 15) is 4.79 Å². The molecule has 0 saturated carbocycles. The van der Waals surface area contributed by atoms with Gasteiger partial charge in [-0.2, -0.15) is 0 Å². The molecule has 0 bridgehead atoms. The van der Waals surface area contributed by atoms with Gasteiger partial charge in [-0.1, -0.05) is 18.2 Å². The van der Waals surface area contributed by atoms with Gasteiger partial charge in [-0.15, -0.1) is 0 Å². The summed E-state index contributed by atoms with van der Waals surface area (Å²) in [5.74, 6) is 0.849. The molecule has 1 atom stereocenters. The fraction of sp³-hybridized carbons (Fsp3) is 0.316. The van der Waals surface area contributed by atoms with E-state index in [4.69, 9.17) is 4.74 Å². The molecule has 4 heteroatoms. The molecule has 2 rings (SSSR count). The van der Waals surface area contributed by atoms with Gasteiger partial charge in [0, 0.05) is 5.56 Å². The predicted molar refractivity (Wildman–Crippen MR) is 96.4 cm³/mol. The van der Waals surface area contributed by atoms with Crippen molar-refractivity contribution < 1.29 is 29.8 Å². The summed E-state index contributed by atoms with van der Waals surface area (Å²) < 4.78 is 5.44. The van der Waals surface area contributed by atoms with Crippen molar-refractivity contribution in [1.82, 2.24) is 0 Å². The van der Waals surface area contributed by atoms with Crippen LogP contribution in [-0.4, -0.2) is 12.1 Å². The van der Waals surface area contributed by atoms with E-state index in [-0.39, 0.29) is 34.4 Å². The molecule has 0 aromatic heterocycles. The van der Waals surface area contributed by atoms with Gasteiger partial charge in [0.2, 0.25) is 0 Å². The number of aryl methyl sites for hydroxylation is 2. The van der Waals surface area contributed by atoms with Gasteiger partial charge in [-0.25, -0.2) is 0 Å². The van der Waals surface area contributed by atoms with Crippen LogP contribution in [0.1, 0.15) is 41.0 Å². The van der Waals surface area contributed by atoms with Crippen LogP contribution < -0.4 is 28.9 Å². The smallest absolute Gasteiger partial charge is 1.00 e. The summed E-state index contributed by atoms with van der Waals surface area (Å²) in [6, 6.07) is 9.93. The number of hydrogen-bond donors (Lipinski definition) is 0. The Labute approximate surface area is 154 Å². The molecule has 0 N–H and O–H groups in total. The van der Waals surface area contributed by atoms with Crippen LogP contribution >= 0.6 is 8.58 Å². The molecule has 118 valence electrons. The van der Waals surface area contributed by atoms with Crippen LogP contribution in [0.3, 0.4) is 0 Å². The van der Waals surface area contributed by atoms with Gasteiger partial charge in [0.15, 0.2) is 5.52 Å². The van der Waals surface area contributed by atoms with Gasteiger partial charge in [0.1, 0.15) is 5.75 Å². The zero-order chi connectivity index (χ0) is 16.3. The van der Waals surface area contributed by atoms with Crippen LogP contribution in [0.25, 0.3) is 0 Å². The third kappa shape index (κ3) is 4.71. The first-order chi connectivity index (χ1) is 10.4. The van der Waals surface area contributed by atoms with Crippen LogP contribution in [0.4, 0.5) is 0 Å². The minimum absolute atomic E-state index is 0. The van der Waals surface area contributed by atoms with Crippen LogP contribution in [0, 0.1) is 27.7 Å². The summed E-state index contributed by atoms with van der Waals surface area (Å²) in [5, 5.41) is 1.05. The van der Waals surface area contributed by atoms with E-state index >= 15 is 0 Å². The molecule has 1 unspecified atom stereocenters. The molecule has 2 nitrogen and oxygen atoms in total. The third-order valence-corrected chi connectivity index (χ3v) is 5.11. The number of rotatable bonds is 5. The number of carbonyl (C=O) groups is 1. The van der Waals surface area contributed by atoms with E-state index < -0.39 is 0 Å². The van der Waals surface area contributed by atoms with Gasteiger partial charge in [0.25, 0.3) is 0 Å². The maximum Gasteiger partial charge on any atom is 1.00 e. The molecule has 0 aliphatic carbocycles. The van der Waals surface area contributed by atoms with Crippen LogP contribution in [0.5, 0.6) is 5.75 Å². The number of hydrogen-bond acceptors (Lipinski definition) is 2. The first-order valence-corrected chi connectivity index (χ1v) is 8.55. The van der Waals surface area contributed by atoms with Gasteiger partial charge in [-0.05, 0) is 82.9 Å². The monoisotopic (exact) mass is 322 g/mol. The van der Waals surface area contributed by atoms with Crippen LogP contribution in [-0.2, 0) is 0 Å². The molecule has 0 heterocycles. The maximum absolute atomic E-state index is 12.7. The van der Waals surface area contributed by atoms with Gasteiger partial charge < -0.3 is 6.16 Å². The zero-order valence-corrected chi connectivity index (χ0v) is 15.9. The molecule has 0 spiro atoms. The Balaban J connectivity index is 0.00000264. The van der Waals surface area contributed by atoms with E-state index in [1.54, 1.807) is 0 Å². The van der Waals surface area contributed by atoms with E-state index in [0.29, 0.717) is 6.61 Å². The second-order valence-electron chi connectivity index (χ2n) is 5.55. The van der Waals surface area contributed by atoms with Crippen molar-refractivity contribution in [2.45, 2.75) is 34.6 Å². The fourth-order valence-corrected chi connectivity index (χ4v) is 3.73. The SMILES string of the molecule is CCOc1ccc(PC(=O)c2c(C)cc(C)c(C)c2C)cc1.[H-].[Li+]. The first-order valence-electron chi connectivity index (χ1n) is 7.55. The topological polar surface area (TPSA) is 26.3 Å². The third-order valence-electron chi connectivity index (χ3n) is 4.01. The second kappa shape index (κ2) is 8.70. The number of ether oxygens (including phenoxy) is 1. The Morgan fingerprint density at radius 3 is 2.22 bits per heavy atom. The van der Waals surface area contributed by atoms with E-state index in [1.165, 1.54) is 11.1 Å². The Kier molecular flexibility index (Phi) is 7.55. The van der Waals surface area contributed by atoms with Gasteiger partial charge in [0.05, 0.1) is 6.61 Å². The van der Waals surface area contributed by atoms with Crippen molar-refractivity contribution in [3.8, 4) is 5.75 Å². The van der Waals surface area contributed by atoms with Crippen molar-refractivity contribution in [3.05, 3.63) is 58.1 Å². The normalized spacial score (nSPS) is 10.7. The maximum atomic E-state index is 12.7. The number of carbonyl (C=O) groups excluding carboxylic acids is 1. The van der Waals surface area contributed by atoms with E-state index in [0.717, 1.165) is 27.7 Å². The van der Waals surface area contributed by atoms with E-state index in [1.807, 2.05) is 45.0 Å². The summed E-state index contributed by atoms with van der Waals surface area (Å²) in [6.07, 6.45) is 0. The van der Waals surface area contributed by atoms with Gasteiger partial charge >= 0.3 is 18.9 Å². The molecular weight excluding hydrogens is 298 g/mol. The molecule has 0 aliphatic rings. The first kappa shape index (κ1) is 20.0. The Morgan fingerprint density at radius 1 is 1.04 bits per heavy atom. The molecule has 0 amide bonds. The van der Waals surface area contributed by atoms with Crippen LogP contribution in [0.2, 0.25) is 0 Å². The van der Waals surface area contributed by atoms with Crippen molar-refractivity contribution in [1.29, 1.82) is 0 Å². The quantitative estimate of drug-likeness (QED) is 0.617. The summed E-state index contributed by atoms with van der Waals surface area (Å²) in [7, 11) is 0.146. The molecular formula is C19H24LiO2P. The standard InChI is InChI=1S/C19H23O2P.Li.H/c1-6-21-16-7-9-17(10-8-16)22-19(20)18-13(3)11-12(2)14(4)15(18)5;;/h7-11,22H,6H2,1-5H3;;/q;+1;-1. The molecule has 0 fully saturated rings. The molecule has 2 aromatic carbocycles. The van der Waals surface area contributed by atoms with Crippen molar-refractivity contribution >= 4 is 19.4 Å². The van der Waals surface area contributed by atoms with Crippen molar-refractivity contribution in [3.63, 3.8) is 0 Å².